The van der Waals surface area contributed by atoms with Crippen molar-refractivity contribution in [3.05, 3.63) is 119 Å². The Kier molecular flexibility index (Phi) is 10.9. The lowest BCUT2D eigenvalue weighted by atomic mass is 10.1. The second kappa shape index (κ2) is 14.9. The average Bonchev–Trinajstić information content (AvgIpc) is 3.02. The highest BCUT2D eigenvalue weighted by Crippen LogP contribution is 2.29. The Morgan fingerprint density at radius 1 is 0.791 bits per heavy atom. The number of ether oxygens (including phenoxy) is 2. The molecule has 1 atom stereocenters. The number of thioether (sulfide) groups is 1. The molecular formula is C33H30ClN3O5S. The van der Waals surface area contributed by atoms with Gasteiger partial charge >= 0.3 is 0 Å². The summed E-state index contributed by atoms with van der Waals surface area (Å²) in [6.45, 7) is 1.80. The van der Waals surface area contributed by atoms with Crippen LogP contribution in [0.25, 0.3) is 6.08 Å². The maximum atomic E-state index is 13.3. The summed E-state index contributed by atoms with van der Waals surface area (Å²) >= 11 is 7.37. The molecule has 0 aromatic heterocycles. The summed E-state index contributed by atoms with van der Waals surface area (Å²) in [6, 6.07) is 27.8. The van der Waals surface area contributed by atoms with Crippen LogP contribution in [0.4, 0.5) is 11.4 Å². The molecule has 3 amide bonds. The first kappa shape index (κ1) is 31.2. The van der Waals surface area contributed by atoms with E-state index >= 15 is 0 Å². The van der Waals surface area contributed by atoms with Crippen LogP contribution in [0.15, 0.2) is 108 Å². The normalized spacial score (nSPS) is 11.7. The van der Waals surface area contributed by atoms with Gasteiger partial charge in [0.1, 0.15) is 17.2 Å². The van der Waals surface area contributed by atoms with Gasteiger partial charge in [0.05, 0.1) is 19.5 Å². The van der Waals surface area contributed by atoms with Crippen molar-refractivity contribution in [2.24, 2.45) is 0 Å². The number of methoxy groups -OCH3 is 2. The highest BCUT2D eigenvalue weighted by Gasteiger charge is 2.17. The van der Waals surface area contributed by atoms with Gasteiger partial charge in [-0.3, -0.25) is 14.4 Å². The van der Waals surface area contributed by atoms with Crippen molar-refractivity contribution in [2.45, 2.75) is 17.1 Å². The van der Waals surface area contributed by atoms with Crippen LogP contribution in [-0.4, -0.2) is 37.2 Å². The fraction of sp³-hybridized carbons (Fsp3) is 0.121. The van der Waals surface area contributed by atoms with Crippen molar-refractivity contribution in [3.8, 4) is 11.5 Å². The highest BCUT2D eigenvalue weighted by molar-refractivity contribution is 8.00. The summed E-state index contributed by atoms with van der Waals surface area (Å²) in [5.74, 6) is 0.0315. The summed E-state index contributed by atoms with van der Waals surface area (Å²) < 4.78 is 10.5. The Bertz CT molecular complexity index is 1590. The van der Waals surface area contributed by atoms with Crippen molar-refractivity contribution in [2.75, 3.05) is 24.9 Å². The molecule has 0 spiro atoms. The smallest absolute Gasteiger partial charge is 0.272 e. The van der Waals surface area contributed by atoms with Crippen molar-refractivity contribution in [3.63, 3.8) is 0 Å². The van der Waals surface area contributed by atoms with Crippen LogP contribution in [0.3, 0.4) is 0 Å². The van der Waals surface area contributed by atoms with E-state index in [2.05, 4.69) is 16.0 Å². The zero-order valence-corrected chi connectivity index (χ0v) is 25.3. The van der Waals surface area contributed by atoms with Crippen LogP contribution < -0.4 is 25.4 Å². The Labute approximate surface area is 259 Å². The first-order valence-corrected chi connectivity index (χ1v) is 14.5. The van der Waals surface area contributed by atoms with E-state index in [9.17, 15) is 14.4 Å². The fourth-order valence-electron chi connectivity index (χ4n) is 3.86. The van der Waals surface area contributed by atoms with E-state index in [1.807, 2.05) is 12.1 Å². The molecule has 4 aromatic rings. The number of hydrogen-bond acceptors (Lipinski definition) is 6. The van der Waals surface area contributed by atoms with Crippen LogP contribution in [-0.2, 0) is 9.59 Å². The van der Waals surface area contributed by atoms with Crippen LogP contribution in [0.2, 0.25) is 5.02 Å². The van der Waals surface area contributed by atoms with Gasteiger partial charge in [-0.1, -0.05) is 41.9 Å². The number of benzene rings is 4. The molecular weight excluding hydrogens is 586 g/mol. The van der Waals surface area contributed by atoms with Crippen LogP contribution >= 0.6 is 23.4 Å². The van der Waals surface area contributed by atoms with E-state index in [0.29, 0.717) is 39.0 Å². The van der Waals surface area contributed by atoms with Gasteiger partial charge in [-0.05, 0) is 67.1 Å². The van der Waals surface area contributed by atoms with E-state index in [0.717, 1.165) is 4.90 Å². The van der Waals surface area contributed by atoms with Crippen molar-refractivity contribution < 1.29 is 23.9 Å². The van der Waals surface area contributed by atoms with Crippen LogP contribution in [0, 0.1) is 0 Å². The molecule has 1 unspecified atom stereocenters. The summed E-state index contributed by atoms with van der Waals surface area (Å²) in [5.41, 5.74) is 2.25. The standard InChI is InChI=1S/C33H30ClN3O5S/c1-21(31(38)36-26-18-27(41-2)20-28(19-26)42-3)43-29-15-13-25(14-16-29)35-33(40)30(17-22-9-11-24(34)12-10-22)37-32(39)23-7-5-4-6-8-23/h4-21H,1-3H3,(H,35,40)(H,36,38)(H,37,39)/b30-17-. The molecule has 43 heavy (non-hydrogen) atoms. The van der Waals surface area contributed by atoms with Gasteiger partial charge in [0.25, 0.3) is 11.8 Å². The molecule has 0 aliphatic carbocycles. The van der Waals surface area contributed by atoms with Gasteiger partial charge in [-0.2, -0.15) is 0 Å². The van der Waals surface area contributed by atoms with Crippen molar-refractivity contribution in [1.29, 1.82) is 0 Å². The Morgan fingerprint density at radius 2 is 1.42 bits per heavy atom. The fourth-order valence-corrected chi connectivity index (χ4v) is 4.86. The molecule has 220 valence electrons. The van der Waals surface area contributed by atoms with E-state index in [1.54, 1.807) is 112 Å². The van der Waals surface area contributed by atoms with Crippen molar-refractivity contribution >= 4 is 58.5 Å². The summed E-state index contributed by atoms with van der Waals surface area (Å²) in [4.78, 5) is 39.8. The van der Waals surface area contributed by atoms with E-state index in [4.69, 9.17) is 21.1 Å². The number of nitrogens with one attached hydrogen (secondary N) is 3. The third-order valence-corrected chi connectivity index (χ3v) is 7.49. The highest BCUT2D eigenvalue weighted by atomic mass is 35.5. The zero-order valence-electron chi connectivity index (χ0n) is 23.7. The number of carbonyl (C=O) groups excluding carboxylic acids is 3. The Morgan fingerprint density at radius 3 is 2.02 bits per heavy atom. The lowest BCUT2D eigenvalue weighted by Gasteiger charge is -2.14. The largest absolute Gasteiger partial charge is 0.497 e. The van der Waals surface area contributed by atoms with E-state index in [-0.39, 0.29) is 11.6 Å². The second-order valence-corrected chi connectivity index (χ2v) is 11.1. The molecule has 0 saturated carbocycles. The topological polar surface area (TPSA) is 106 Å². The maximum absolute atomic E-state index is 13.3. The molecule has 4 rings (SSSR count). The lowest BCUT2D eigenvalue weighted by Crippen LogP contribution is -2.30. The predicted octanol–water partition coefficient (Wildman–Crippen LogP) is 6.89. The van der Waals surface area contributed by atoms with Crippen LogP contribution in [0.1, 0.15) is 22.8 Å². The van der Waals surface area contributed by atoms with Gasteiger partial charge in [-0.25, -0.2) is 0 Å². The minimum atomic E-state index is -0.499. The van der Waals surface area contributed by atoms with Crippen LogP contribution in [0.5, 0.6) is 11.5 Å². The number of rotatable bonds is 11. The summed E-state index contributed by atoms with van der Waals surface area (Å²) in [7, 11) is 3.09. The van der Waals surface area contributed by atoms with Gasteiger partial charge in [0.2, 0.25) is 5.91 Å². The monoisotopic (exact) mass is 615 g/mol. The molecule has 8 nitrogen and oxygen atoms in total. The minimum absolute atomic E-state index is 0.0640. The molecule has 10 heteroatoms. The average molecular weight is 616 g/mol. The molecule has 0 aliphatic rings. The molecule has 0 fully saturated rings. The number of carbonyl (C=O) groups is 3. The lowest BCUT2D eigenvalue weighted by molar-refractivity contribution is -0.115. The molecule has 0 radical (unpaired) electrons. The van der Waals surface area contributed by atoms with E-state index in [1.165, 1.54) is 11.8 Å². The van der Waals surface area contributed by atoms with Gasteiger partial charge in [0, 0.05) is 45.1 Å². The maximum Gasteiger partial charge on any atom is 0.272 e. The molecule has 3 N–H and O–H groups in total. The molecule has 4 aromatic carbocycles. The van der Waals surface area contributed by atoms with Gasteiger partial charge < -0.3 is 25.4 Å². The van der Waals surface area contributed by atoms with E-state index < -0.39 is 17.1 Å². The first-order valence-electron chi connectivity index (χ1n) is 13.2. The molecule has 0 saturated heterocycles. The summed E-state index contributed by atoms with van der Waals surface area (Å²) in [6.07, 6.45) is 1.58. The SMILES string of the molecule is COc1cc(NC(=O)C(C)Sc2ccc(NC(=O)/C(=C/c3ccc(Cl)cc3)NC(=O)c3ccccc3)cc2)cc(OC)c1. The third kappa shape index (κ3) is 9.13. The van der Waals surface area contributed by atoms with Crippen molar-refractivity contribution in [1.82, 2.24) is 5.32 Å². The second-order valence-electron chi connectivity index (χ2n) is 9.26. The third-order valence-electron chi connectivity index (χ3n) is 6.12. The quantitative estimate of drug-likeness (QED) is 0.125. The van der Waals surface area contributed by atoms with Gasteiger partial charge in [0.15, 0.2) is 0 Å². The van der Waals surface area contributed by atoms with Gasteiger partial charge in [-0.15, -0.1) is 11.8 Å². The Balaban J connectivity index is 1.42. The number of amides is 3. The summed E-state index contributed by atoms with van der Waals surface area (Å²) in [5, 5.41) is 8.57. The Hall–Kier alpha value is -4.73. The molecule has 0 heterocycles. The molecule has 0 aliphatic heterocycles. The molecule has 0 bridgehead atoms. The minimum Gasteiger partial charge on any atom is -0.497 e. The number of anilines is 2. The number of halogens is 1. The predicted molar refractivity (Wildman–Crippen MR) is 172 cm³/mol. The number of hydrogen-bond donors (Lipinski definition) is 3. The first-order chi connectivity index (χ1) is 20.7. The zero-order chi connectivity index (χ0) is 30.8.